The van der Waals surface area contributed by atoms with Crippen LogP contribution >= 0.6 is 12.4 Å². The van der Waals surface area contributed by atoms with Crippen LogP contribution in [0.3, 0.4) is 0 Å². The first-order chi connectivity index (χ1) is 9.10. The molecule has 0 aliphatic rings. The Morgan fingerprint density at radius 2 is 2.00 bits per heavy atom. The van der Waals surface area contributed by atoms with Crippen LogP contribution < -0.4 is 5.32 Å². The average molecular weight is 298 g/mol. The molecule has 0 bridgehead atoms. The monoisotopic (exact) mass is 297 g/mol. The minimum absolute atomic E-state index is 0. The number of anilines is 1. The summed E-state index contributed by atoms with van der Waals surface area (Å²) in [7, 11) is 0. The lowest BCUT2D eigenvalue weighted by Gasteiger charge is -2.05. The molecule has 2 aromatic rings. The van der Waals surface area contributed by atoms with E-state index >= 15 is 0 Å². The zero-order valence-electron chi connectivity index (χ0n) is 12.6. The van der Waals surface area contributed by atoms with E-state index in [1.807, 2.05) is 21.8 Å². The molecule has 0 fully saturated rings. The van der Waals surface area contributed by atoms with Gasteiger partial charge in [0, 0.05) is 31.4 Å². The molecule has 0 aromatic carbocycles. The fraction of sp³-hybridized carbons (Fsp3) is 0.571. The van der Waals surface area contributed by atoms with Gasteiger partial charge in [-0.1, -0.05) is 13.8 Å². The molecule has 5 nitrogen and oxygen atoms in total. The third kappa shape index (κ3) is 4.00. The number of aromatic nitrogens is 4. The predicted molar refractivity (Wildman–Crippen MR) is 84.3 cm³/mol. The van der Waals surface area contributed by atoms with Crippen molar-refractivity contribution in [3.63, 3.8) is 0 Å². The minimum atomic E-state index is 0. The summed E-state index contributed by atoms with van der Waals surface area (Å²) in [5.74, 6) is 0.616. The lowest BCUT2D eigenvalue weighted by molar-refractivity contribution is 0.483. The standard InChI is InChI=1S/C14H23N5.ClH/c1-5-19-12(4)14(8-17-19)15-6-13-7-16-18(10-13)9-11(2)3;/h7-8,10-11,15H,5-6,9H2,1-4H3;1H. The molecule has 2 aromatic heterocycles. The molecule has 0 amide bonds. The third-order valence-electron chi connectivity index (χ3n) is 3.12. The van der Waals surface area contributed by atoms with Gasteiger partial charge in [-0.15, -0.1) is 12.4 Å². The predicted octanol–water partition coefficient (Wildman–Crippen LogP) is 3.10. The molecule has 0 aliphatic carbocycles. The van der Waals surface area contributed by atoms with E-state index in [9.17, 15) is 0 Å². The first-order valence-electron chi connectivity index (χ1n) is 6.87. The van der Waals surface area contributed by atoms with Gasteiger partial charge < -0.3 is 5.32 Å². The zero-order chi connectivity index (χ0) is 13.8. The normalized spacial score (nSPS) is 10.7. The van der Waals surface area contributed by atoms with E-state index in [-0.39, 0.29) is 12.4 Å². The van der Waals surface area contributed by atoms with Crippen molar-refractivity contribution >= 4 is 18.1 Å². The van der Waals surface area contributed by atoms with Crippen LogP contribution in [0, 0.1) is 12.8 Å². The van der Waals surface area contributed by atoms with E-state index in [0.717, 1.165) is 25.3 Å². The summed E-state index contributed by atoms with van der Waals surface area (Å²) in [6.07, 6.45) is 5.92. The quantitative estimate of drug-likeness (QED) is 0.891. The lowest BCUT2D eigenvalue weighted by Crippen LogP contribution is -2.04. The molecule has 0 atom stereocenters. The first kappa shape index (κ1) is 16.6. The van der Waals surface area contributed by atoms with Gasteiger partial charge in [0.2, 0.25) is 0 Å². The number of nitrogens with one attached hydrogen (secondary N) is 1. The molecule has 2 rings (SSSR count). The second kappa shape index (κ2) is 7.33. The molecule has 6 heteroatoms. The highest BCUT2D eigenvalue weighted by molar-refractivity contribution is 5.85. The Morgan fingerprint density at radius 3 is 2.60 bits per heavy atom. The zero-order valence-corrected chi connectivity index (χ0v) is 13.4. The highest BCUT2D eigenvalue weighted by atomic mass is 35.5. The third-order valence-corrected chi connectivity index (χ3v) is 3.12. The van der Waals surface area contributed by atoms with Crippen LogP contribution in [-0.4, -0.2) is 19.6 Å². The van der Waals surface area contributed by atoms with Crippen LogP contribution in [0.2, 0.25) is 0 Å². The number of hydrogen-bond donors (Lipinski definition) is 1. The smallest absolute Gasteiger partial charge is 0.0758 e. The molecule has 20 heavy (non-hydrogen) atoms. The van der Waals surface area contributed by atoms with Gasteiger partial charge in [0.15, 0.2) is 0 Å². The summed E-state index contributed by atoms with van der Waals surface area (Å²) in [5, 5.41) is 12.1. The Bertz CT molecular complexity index is 529. The number of nitrogens with zero attached hydrogens (tertiary/aromatic N) is 4. The molecule has 1 N–H and O–H groups in total. The van der Waals surface area contributed by atoms with Crippen molar-refractivity contribution in [3.05, 3.63) is 29.8 Å². The topological polar surface area (TPSA) is 47.7 Å². The summed E-state index contributed by atoms with van der Waals surface area (Å²) in [4.78, 5) is 0. The second-order valence-corrected chi connectivity index (χ2v) is 5.28. The lowest BCUT2D eigenvalue weighted by atomic mass is 10.2. The van der Waals surface area contributed by atoms with Crippen molar-refractivity contribution in [2.75, 3.05) is 5.32 Å². The van der Waals surface area contributed by atoms with Gasteiger partial charge in [-0.25, -0.2) is 0 Å². The Morgan fingerprint density at radius 1 is 1.25 bits per heavy atom. The summed E-state index contributed by atoms with van der Waals surface area (Å²) < 4.78 is 3.99. The van der Waals surface area contributed by atoms with Crippen molar-refractivity contribution in [3.8, 4) is 0 Å². The minimum Gasteiger partial charge on any atom is -0.378 e. The molecule has 112 valence electrons. The maximum atomic E-state index is 4.37. The van der Waals surface area contributed by atoms with Crippen LogP contribution in [-0.2, 0) is 19.6 Å². The highest BCUT2D eigenvalue weighted by Gasteiger charge is 2.05. The first-order valence-corrected chi connectivity index (χ1v) is 6.87. The molecule has 0 aliphatic heterocycles. The largest absolute Gasteiger partial charge is 0.378 e. The van der Waals surface area contributed by atoms with E-state index in [4.69, 9.17) is 0 Å². The number of halogens is 1. The van der Waals surface area contributed by atoms with Gasteiger partial charge in [0.1, 0.15) is 0 Å². The fourth-order valence-electron chi connectivity index (χ4n) is 2.11. The number of aryl methyl sites for hydroxylation is 1. The molecule has 0 saturated carbocycles. The molecular formula is C14H24ClN5. The van der Waals surface area contributed by atoms with Gasteiger partial charge in [-0.05, 0) is 19.8 Å². The van der Waals surface area contributed by atoms with Crippen LogP contribution in [0.5, 0.6) is 0 Å². The average Bonchev–Trinajstić information content (AvgIpc) is 2.93. The van der Waals surface area contributed by atoms with E-state index in [1.165, 1.54) is 11.3 Å². The summed E-state index contributed by atoms with van der Waals surface area (Å²) in [6, 6.07) is 0. The molecule has 0 unspecified atom stereocenters. The Hall–Kier alpha value is -1.49. The van der Waals surface area contributed by atoms with E-state index in [0.29, 0.717) is 5.92 Å². The maximum absolute atomic E-state index is 4.37. The molecular weight excluding hydrogens is 274 g/mol. The summed E-state index contributed by atoms with van der Waals surface area (Å²) >= 11 is 0. The molecule has 0 radical (unpaired) electrons. The van der Waals surface area contributed by atoms with Crippen molar-refractivity contribution < 1.29 is 0 Å². The number of rotatable bonds is 6. The van der Waals surface area contributed by atoms with Crippen LogP contribution in [0.1, 0.15) is 32.0 Å². The van der Waals surface area contributed by atoms with Gasteiger partial charge in [-0.2, -0.15) is 10.2 Å². The van der Waals surface area contributed by atoms with E-state index < -0.39 is 0 Å². The summed E-state index contributed by atoms with van der Waals surface area (Å²) in [5.41, 5.74) is 3.47. The fourth-order valence-corrected chi connectivity index (χ4v) is 2.11. The molecule has 0 spiro atoms. The van der Waals surface area contributed by atoms with Crippen LogP contribution in [0.15, 0.2) is 18.6 Å². The second-order valence-electron chi connectivity index (χ2n) is 5.28. The van der Waals surface area contributed by atoms with Gasteiger partial charge in [-0.3, -0.25) is 9.36 Å². The van der Waals surface area contributed by atoms with Crippen LogP contribution in [0.4, 0.5) is 5.69 Å². The van der Waals surface area contributed by atoms with Gasteiger partial charge in [0.25, 0.3) is 0 Å². The Balaban J connectivity index is 0.00000200. The van der Waals surface area contributed by atoms with Gasteiger partial charge in [0.05, 0.1) is 23.8 Å². The van der Waals surface area contributed by atoms with E-state index in [1.54, 1.807) is 0 Å². The summed E-state index contributed by atoms with van der Waals surface area (Å²) in [6.45, 7) is 11.2. The van der Waals surface area contributed by atoms with Crippen molar-refractivity contribution in [2.45, 2.75) is 47.3 Å². The maximum Gasteiger partial charge on any atom is 0.0758 e. The molecule has 0 saturated heterocycles. The van der Waals surface area contributed by atoms with Crippen LogP contribution in [0.25, 0.3) is 0 Å². The Kier molecular flexibility index (Phi) is 6.07. The van der Waals surface area contributed by atoms with E-state index in [2.05, 4.69) is 49.4 Å². The SMILES string of the molecule is CCn1ncc(NCc2cnn(CC(C)C)c2)c1C.Cl. The Labute approximate surface area is 126 Å². The molecule has 2 heterocycles. The van der Waals surface area contributed by atoms with Gasteiger partial charge >= 0.3 is 0 Å². The number of hydrogen-bond acceptors (Lipinski definition) is 3. The van der Waals surface area contributed by atoms with Crippen molar-refractivity contribution in [1.82, 2.24) is 19.6 Å². The highest BCUT2D eigenvalue weighted by Crippen LogP contribution is 2.14. The van der Waals surface area contributed by atoms with Crippen molar-refractivity contribution in [1.29, 1.82) is 0 Å². The van der Waals surface area contributed by atoms with Crippen molar-refractivity contribution in [2.24, 2.45) is 5.92 Å².